The number of hydrogen-bond donors (Lipinski definition) is 2. The Morgan fingerprint density at radius 2 is 2.16 bits per heavy atom. The second-order valence-corrected chi connectivity index (χ2v) is 4.94. The molecule has 0 aliphatic heterocycles. The predicted octanol–water partition coefficient (Wildman–Crippen LogP) is 2.86. The summed E-state index contributed by atoms with van der Waals surface area (Å²) < 4.78 is 13.1. The monoisotopic (exact) mass is 267 g/mol. The molecule has 0 aliphatic rings. The number of aryl methyl sites for hydroxylation is 1. The normalized spacial score (nSPS) is 13.9. The summed E-state index contributed by atoms with van der Waals surface area (Å²) in [5.74, 6) is -0.349. The first-order chi connectivity index (χ1) is 8.93. The van der Waals surface area contributed by atoms with Crippen LogP contribution >= 0.6 is 0 Å². The Kier molecular flexibility index (Phi) is 5.96. The van der Waals surface area contributed by atoms with Crippen molar-refractivity contribution in [3.8, 4) is 0 Å². The van der Waals surface area contributed by atoms with Gasteiger partial charge in [-0.3, -0.25) is 4.79 Å². The van der Waals surface area contributed by atoms with Gasteiger partial charge in [-0.25, -0.2) is 4.39 Å². The van der Waals surface area contributed by atoms with E-state index in [0.717, 1.165) is 6.42 Å². The first-order valence-corrected chi connectivity index (χ1v) is 6.67. The molecular formula is C15H22FNO2. The van der Waals surface area contributed by atoms with Gasteiger partial charge in [0.2, 0.25) is 5.91 Å². The van der Waals surface area contributed by atoms with Gasteiger partial charge in [0.25, 0.3) is 0 Å². The Morgan fingerprint density at radius 3 is 2.74 bits per heavy atom. The molecule has 2 atom stereocenters. The van der Waals surface area contributed by atoms with E-state index >= 15 is 0 Å². The number of hydrogen-bond acceptors (Lipinski definition) is 2. The summed E-state index contributed by atoms with van der Waals surface area (Å²) in [7, 11) is 0. The highest BCUT2D eigenvalue weighted by molar-refractivity contribution is 5.76. The fraction of sp³-hybridized carbons (Fsp3) is 0.533. The van der Waals surface area contributed by atoms with E-state index in [1.165, 1.54) is 6.07 Å². The first kappa shape index (κ1) is 15.6. The number of aliphatic hydroxyl groups excluding tert-OH is 1. The van der Waals surface area contributed by atoms with E-state index in [1.54, 1.807) is 19.1 Å². The van der Waals surface area contributed by atoms with Gasteiger partial charge in [0.15, 0.2) is 0 Å². The van der Waals surface area contributed by atoms with Crippen molar-refractivity contribution >= 4 is 5.91 Å². The molecule has 1 rings (SSSR count). The van der Waals surface area contributed by atoms with Crippen molar-refractivity contribution in [3.05, 3.63) is 35.1 Å². The highest BCUT2D eigenvalue weighted by Gasteiger charge is 2.12. The van der Waals surface area contributed by atoms with E-state index in [1.807, 2.05) is 13.8 Å². The van der Waals surface area contributed by atoms with Crippen LogP contribution in [0.4, 0.5) is 4.39 Å². The smallest absolute Gasteiger partial charge is 0.220 e. The second kappa shape index (κ2) is 7.24. The number of rotatable bonds is 6. The highest BCUT2D eigenvalue weighted by atomic mass is 19.1. The molecule has 2 N–H and O–H groups in total. The van der Waals surface area contributed by atoms with Gasteiger partial charge < -0.3 is 10.4 Å². The average Bonchev–Trinajstić information content (AvgIpc) is 2.39. The molecule has 0 heterocycles. The van der Waals surface area contributed by atoms with Gasteiger partial charge in [0.1, 0.15) is 5.82 Å². The maximum Gasteiger partial charge on any atom is 0.220 e. The Morgan fingerprint density at radius 1 is 1.47 bits per heavy atom. The van der Waals surface area contributed by atoms with Crippen LogP contribution < -0.4 is 5.32 Å². The molecule has 1 aromatic rings. The van der Waals surface area contributed by atoms with E-state index in [-0.39, 0.29) is 24.2 Å². The van der Waals surface area contributed by atoms with Crippen LogP contribution in [0.2, 0.25) is 0 Å². The summed E-state index contributed by atoms with van der Waals surface area (Å²) in [6.45, 7) is 5.60. The van der Waals surface area contributed by atoms with Gasteiger partial charge in [-0.15, -0.1) is 0 Å². The number of halogens is 1. The molecule has 0 spiro atoms. The lowest BCUT2D eigenvalue weighted by molar-refractivity contribution is -0.122. The van der Waals surface area contributed by atoms with Crippen molar-refractivity contribution in [2.24, 2.45) is 0 Å². The lowest BCUT2D eigenvalue weighted by atomic mass is 10.0. The number of benzene rings is 1. The van der Waals surface area contributed by atoms with Crippen LogP contribution in [0, 0.1) is 12.7 Å². The van der Waals surface area contributed by atoms with Gasteiger partial charge in [-0.2, -0.15) is 0 Å². The van der Waals surface area contributed by atoms with Crippen LogP contribution in [0.15, 0.2) is 18.2 Å². The fourth-order valence-corrected chi connectivity index (χ4v) is 1.76. The molecule has 0 aromatic heterocycles. The molecule has 0 radical (unpaired) electrons. The van der Waals surface area contributed by atoms with Crippen LogP contribution in [0.3, 0.4) is 0 Å². The van der Waals surface area contributed by atoms with Gasteiger partial charge in [-0.1, -0.05) is 19.1 Å². The number of carbonyl (C=O) groups excluding carboxylic acids is 1. The van der Waals surface area contributed by atoms with E-state index in [9.17, 15) is 14.3 Å². The van der Waals surface area contributed by atoms with Gasteiger partial charge >= 0.3 is 0 Å². The van der Waals surface area contributed by atoms with Crippen LogP contribution in [0.25, 0.3) is 0 Å². The molecule has 0 fully saturated rings. The van der Waals surface area contributed by atoms with E-state index in [2.05, 4.69) is 5.32 Å². The van der Waals surface area contributed by atoms with Crippen molar-refractivity contribution in [3.63, 3.8) is 0 Å². The standard InChI is InChI=1S/C15H22FNO2/c1-4-11(3)17-15(19)8-7-14(18)12-5-6-13(16)10(2)9-12/h5-6,9,11,14,18H,4,7-8H2,1-3H3,(H,17,19). The van der Waals surface area contributed by atoms with Crippen molar-refractivity contribution in [2.45, 2.75) is 52.2 Å². The summed E-state index contributed by atoms with van der Waals surface area (Å²) in [5, 5.41) is 12.8. The Bertz CT molecular complexity index is 434. The molecule has 0 saturated heterocycles. The molecule has 2 unspecified atom stereocenters. The zero-order valence-corrected chi connectivity index (χ0v) is 11.7. The van der Waals surface area contributed by atoms with Gasteiger partial charge in [0.05, 0.1) is 6.10 Å². The Balaban J connectivity index is 2.48. The summed E-state index contributed by atoms with van der Waals surface area (Å²) in [5.41, 5.74) is 1.15. The lowest BCUT2D eigenvalue weighted by Crippen LogP contribution is -2.31. The molecule has 4 heteroatoms. The Hall–Kier alpha value is -1.42. The topological polar surface area (TPSA) is 49.3 Å². The zero-order valence-electron chi connectivity index (χ0n) is 11.7. The molecule has 3 nitrogen and oxygen atoms in total. The largest absolute Gasteiger partial charge is 0.388 e. The van der Waals surface area contributed by atoms with Crippen molar-refractivity contribution in [1.29, 1.82) is 0 Å². The fourth-order valence-electron chi connectivity index (χ4n) is 1.76. The maximum absolute atomic E-state index is 13.1. The third-order valence-electron chi connectivity index (χ3n) is 3.23. The van der Waals surface area contributed by atoms with Crippen LogP contribution in [0.5, 0.6) is 0 Å². The van der Waals surface area contributed by atoms with Crippen LogP contribution in [0.1, 0.15) is 50.3 Å². The summed E-state index contributed by atoms with van der Waals surface area (Å²) >= 11 is 0. The van der Waals surface area contributed by atoms with E-state index < -0.39 is 6.10 Å². The van der Waals surface area contributed by atoms with E-state index in [0.29, 0.717) is 17.5 Å². The molecule has 0 saturated carbocycles. The van der Waals surface area contributed by atoms with Gasteiger partial charge in [0, 0.05) is 12.5 Å². The average molecular weight is 267 g/mol. The van der Waals surface area contributed by atoms with Crippen LogP contribution in [-0.2, 0) is 4.79 Å². The molecule has 19 heavy (non-hydrogen) atoms. The highest BCUT2D eigenvalue weighted by Crippen LogP contribution is 2.20. The van der Waals surface area contributed by atoms with Crippen LogP contribution in [-0.4, -0.2) is 17.1 Å². The first-order valence-electron chi connectivity index (χ1n) is 6.67. The third-order valence-corrected chi connectivity index (χ3v) is 3.23. The SMILES string of the molecule is CCC(C)NC(=O)CCC(O)c1ccc(F)c(C)c1. The minimum Gasteiger partial charge on any atom is -0.388 e. The minimum atomic E-state index is -0.734. The molecular weight excluding hydrogens is 245 g/mol. The summed E-state index contributed by atoms with van der Waals surface area (Å²) in [6, 6.07) is 4.66. The number of aliphatic hydroxyl groups is 1. The minimum absolute atomic E-state index is 0.0627. The quantitative estimate of drug-likeness (QED) is 0.832. The molecule has 1 aromatic carbocycles. The molecule has 0 bridgehead atoms. The molecule has 0 aliphatic carbocycles. The lowest BCUT2D eigenvalue weighted by Gasteiger charge is -2.14. The number of nitrogens with one attached hydrogen (secondary N) is 1. The maximum atomic E-state index is 13.1. The summed E-state index contributed by atoms with van der Waals surface area (Å²) in [6.07, 6.45) is 0.753. The molecule has 1 amide bonds. The zero-order chi connectivity index (χ0) is 14.4. The van der Waals surface area contributed by atoms with Gasteiger partial charge in [-0.05, 0) is 43.9 Å². The summed E-state index contributed by atoms with van der Waals surface area (Å²) in [4.78, 5) is 11.6. The van der Waals surface area contributed by atoms with Crippen molar-refractivity contribution in [1.82, 2.24) is 5.32 Å². The van der Waals surface area contributed by atoms with Crippen molar-refractivity contribution in [2.75, 3.05) is 0 Å². The van der Waals surface area contributed by atoms with E-state index in [4.69, 9.17) is 0 Å². The molecule has 106 valence electrons. The Labute approximate surface area is 113 Å². The predicted molar refractivity (Wildman–Crippen MR) is 73.2 cm³/mol. The second-order valence-electron chi connectivity index (χ2n) is 4.94. The number of amides is 1. The number of carbonyl (C=O) groups is 1. The van der Waals surface area contributed by atoms with Crippen molar-refractivity contribution < 1.29 is 14.3 Å². The third kappa shape index (κ3) is 4.99.